The summed E-state index contributed by atoms with van der Waals surface area (Å²) >= 11 is 15.7. The van der Waals surface area contributed by atoms with Crippen molar-refractivity contribution in [2.75, 3.05) is 13.2 Å². The van der Waals surface area contributed by atoms with E-state index in [9.17, 15) is 8.78 Å². The highest BCUT2D eigenvalue weighted by molar-refractivity contribution is 6.67. The van der Waals surface area contributed by atoms with Crippen molar-refractivity contribution in [1.82, 2.24) is 0 Å². The molecule has 0 atom stereocenters. The first-order chi connectivity index (χ1) is 4.71. The lowest BCUT2D eigenvalue weighted by Crippen LogP contribution is -2.23. The molecule has 0 unspecified atom stereocenters. The van der Waals surface area contributed by atoms with E-state index in [1.54, 1.807) is 0 Å². The lowest BCUT2D eigenvalue weighted by Gasteiger charge is -2.14. The topological polar surface area (TPSA) is 9.23 Å². The van der Waals surface area contributed by atoms with Crippen molar-refractivity contribution in [3.8, 4) is 0 Å². The first kappa shape index (κ1) is 11.7. The highest BCUT2D eigenvalue weighted by Crippen LogP contribution is 2.26. The van der Waals surface area contributed by atoms with Gasteiger partial charge in [0.1, 0.15) is 6.61 Å². The maximum absolute atomic E-state index is 12.0. The van der Waals surface area contributed by atoms with Gasteiger partial charge in [0, 0.05) is 6.92 Å². The van der Waals surface area contributed by atoms with Gasteiger partial charge in [-0.2, -0.15) is 0 Å². The molecule has 0 bridgehead atoms. The molecule has 6 heteroatoms. The fourth-order valence-corrected chi connectivity index (χ4v) is 0.577. The van der Waals surface area contributed by atoms with Crippen molar-refractivity contribution in [1.29, 1.82) is 0 Å². The second-order valence-electron chi connectivity index (χ2n) is 2.18. The van der Waals surface area contributed by atoms with E-state index in [4.69, 9.17) is 34.8 Å². The fourth-order valence-electron chi connectivity index (χ4n) is 0.346. The number of hydrogen-bond donors (Lipinski definition) is 0. The molecule has 1 nitrogen and oxygen atoms in total. The third-order valence-corrected chi connectivity index (χ3v) is 0.949. The summed E-state index contributed by atoms with van der Waals surface area (Å²) in [7, 11) is 0. The molecule has 0 aromatic carbocycles. The van der Waals surface area contributed by atoms with Gasteiger partial charge in [-0.1, -0.05) is 34.8 Å². The van der Waals surface area contributed by atoms with Crippen molar-refractivity contribution in [3.05, 3.63) is 0 Å². The van der Waals surface area contributed by atoms with Gasteiger partial charge in [-0.15, -0.1) is 0 Å². The summed E-state index contributed by atoms with van der Waals surface area (Å²) in [4.78, 5) is 0. The summed E-state index contributed by atoms with van der Waals surface area (Å²) < 4.78 is 26.9. The predicted octanol–water partition coefficient (Wildman–Crippen LogP) is 3.03. The zero-order chi connectivity index (χ0) is 9.12. The van der Waals surface area contributed by atoms with E-state index >= 15 is 0 Å². The average molecular weight is 227 g/mol. The van der Waals surface area contributed by atoms with E-state index in [0.717, 1.165) is 6.92 Å². The summed E-state index contributed by atoms with van der Waals surface area (Å²) in [5.74, 6) is -2.88. The molecule has 0 fully saturated rings. The second kappa shape index (κ2) is 4.08. The van der Waals surface area contributed by atoms with Crippen LogP contribution in [0.2, 0.25) is 0 Å². The van der Waals surface area contributed by atoms with Crippen molar-refractivity contribution < 1.29 is 13.5 Å². The van der Waals surface area contributed by atoms with Crippen LogP contribution < -0.4 is 0 Å². The van der Waals surface area contributed by atoms with E-state index in [1.807, 2.05) is 0 Å². The maximum Gasteiger partial charge on any atom is 0.268 e. The van der Waals surface area contributed by atoms with Gasteiger partial charge in [0.05, 0.1) is 6.61 Å². The Morgan fingerprint density at radius 3 is 1.91 bits per heavy atom. The lowest BCUT2D eigenvalue weighted by atomic mass is 10.4. The van der Waals surface area contributed by atoms with Gasteiger partial charge >= 0.3 is 0 Å². The van der Waals surface area contributed by atoms with Crippen LogP contribution in [0.1, 0.15) is 6.92 Å². The minimum absolute atomic E-state index is 0.332. The van der Waals surface area contributed by atoms with Gasteiger partial charge in [-0.3, -0.25) is 0 Å². The number of halogens is 5. The number of alkyl halides is 5. The van der Waals surface area contributed by atoms with Crippen molar-refractivity contribution in [2.24, 2.45) is 0 Å². The molecule has 0 aliphatic heterocycles. The molecule has 68 valence electrons. The Morgan fingerprint density at radius 1 is 1.18 bits per heavy atom. The van der Waals surface area contributed by atoms with Crippen LogP contribution in [0.5, 0.6) is 0 Å². The fraction of sp³-hybridized carbons (Fsp3) is 1.00. The minimum Gasteiger partial charge on any atom is -0.371 e. The zero-order valence-electron chi connectivity index (χ0n) is 5.71. The van der Waals surface area contributed by atoms with Gasteiger partial charge in [-0.25, -0.2) is 8.78 Å². The molecule has 0 aliphatic rings. The van der Waals surface area contributed by atoms with Crippen LogP contribution in [0, 0.1) is 0 Å². The molecule has 0 spiro atoms. The molecule has 0 aliphatic carbocycles. The SMILES string of the molecule is CC(F)(F)COCC(Cl)(Cl)Cl. The van der Waals surface area contributed by atoms with E-state index in [0.29, 0.717) is 0 Å². The quantitative estimate of drug-likeness (QED) is 0.674. The summed E-state index contributed by atoms with van der Waals surface area (Å²) in [5, 5.41) is 0. The average Bonchev–Trinajstić information content (AvgIpc) is 1.55. The van der Waals surface area contributed by atoms with Gasteiger partial charge in [0.25, 0.3) is 5.92 Å². The molecule has 11 heavy (non-hydrogen) atoms. The van der Waals surface area contributed by atoms with E-state index in [-0.39, 0.29) is 6.61 Å². The normalized spacial score (nSPS) is 13.6. The number of rotatable bonds is 3. The largest absolute Gasteiger partial charge is 0.371 e. The Morgan fingerprint density at radius 2 is 1.64 bits per heavy atom. The summed E-state index contributed by atoms with van der Waals surface area (Å²) in [6.07, 6.45) is 0. The van der Waals surface area contributed by atoms with Crippen molar-refractivity contribution in [2.45, 2.75) is 16.6 Å². The van der Waals surface area contributed by atoms with E-state index in [1.165, 1.54) is 0 Å². The van der Waals surface area contributed by atoms with Gasteiger partial charge in [-0.05, 0) is 0 Å². The Bertz CT molecular complexity index is 104. The van der Waals surface area contributed by atoms with E-state index < -0.39 is 16.3 Å². The highest BCUT2D eigenvalue weighted by atomic mass is 35.6. The molecule has 0 rings (SSSR count). The maximum atomic E-state index is 12.0. The van der Waals surface area contributed by atoms with E-state index in [2.05, 4.69) is 4.74 Å². The van der Waals surface area contributed by atoms with Gasteiger partial charge in [0.2, 0.25) is 3.79 Å². The minimum atomic E-state index is -2.88. The van der Waals surface area contributed by atoms with Crippen LogP contribution in [0.3, 0.4) is 0 Å². The van der Waals surface area contributed by atoms with Gasteiger partial charge in [0.15, 0.2) is 0 Å². The first-order valence-electron chi connectivity index (χ1n) is 2.73. The van der Waals surface area contributed by atoms with Crippen LogP contribution in [-0.2, 0) is 4.74 Å². The van der Waals surface area contributed by atoms with Crippen LogP contribution in [0.4, 0.5) is 8.78 Å². The number of ether oxygens (including phenoxy) is 1. The summed E-state index contributed by atoms with van der Waals surface area (Å²) in [6.45, 7) is -0.340. The van der Waals surface area contributed by atoms with Gasteiger partial charge < -0.3 is 4.74 Å². The molecule has 0 N–H and O–H groups in total. The molecule has 0 saturated heterocycles. The summed E-state index contributed by atoms with van der Waals surface area (Å²) in [5.41, 5.74) is 0. The zero-order valence-corrected chi connectivity index (χ0v) is 7.98. The lowest BCUT2D eigenvalue weighted by molar-refractivity contribution is -0.0612. The standard InChI is InChI=1S/C5H7Cl3F2O/c1-4(9,10)2-11-3-5(6,7)8/h2-3H2,1H3. The van der Waals surface area contributed by atoms with Crippen LogP contribution in [0.15, 0.2) is 0 Å². The number of hydrogen-bond acceptors (Lipinski definition) is 1. The highest BCUT2D eigenvalue weighted by Gasteiger charge is 2.25. The molecule has 0 aromatic rings. The van der Waals surface area contributed by atoms with Crippen molar-refractivity contribution >= 4 is 34.8 Å². The molecular formula is C5H7Cl3F2O. The second-order valence-corrected chi connectivity index (χ2v) is 4.69. The first-order valence-corrected chi connectivity index (χ1v) is 3.86. The van der Waals surface area contributed by atoms with Crippen molar-refractivity contribution in [3.63, 3.8) is 0 Å². The summed E-state index contributed by atoms with van der Waals surface area (Å²) in [6, 6.07) is 0. The van der Waals surface area contributed by atoms with Crippen LogP contribution in [0.25, 0.3) is 0 Å². The Labute approximate surface area is 78.6 Å². The molecule has 0 heterocycles. The van der Waals surface area contributed by atoms with Crippen LogP contribution >= 0.6 is 34.8 Å². The van der Waals surface area contributed by atoms with Crippen LogP contribution in [-0.4, -0.2) is 22.9 Å². The molecular weight excluding hydrogens is 220 g/mol. The third kappa shape index (κ3) is 10.7. The Balaban J connectivity index is 3.44. The molecule has 0 amide bonds. The molecule has 0 saturated carbocycles. The molecule has 0 aromatic heterocycles. The Hall–Kier alpha value is 0.690. The predicted molar refractivity (Wildman–Crippen MR) is 41.7 cm³/mol. The Kier molecular flexibility index (Phi) is 4.33. The third-order valence-electron chi connectivity index (χ3n) is 0.621. The molecule has 0 radical (unpaired) electrons. The smallest absolute Gasteiger partial charge is 0.268 e. The monoisotopic (exact) mass is 226 g/mol.